The molecule has 3 aliphatic rings. The van der Waals surface area contributed by atoms with Gasteiger partial charge < -0.3 is 5.11 Å². The Kier molecular flexibility index (Phi) is 5.44. The first-order valence-corrected chi connectivity index (χ1v) is 11.6. The van der Waals surface area contributed by atoms with E-state index in [-0.39, 0.29) is 12.1 Å². The topological polar surface area (TPSA) is 54.2 Å². The molecule has 0 spiro atoms. The molecule has 1 aromatic carbocycles. The van der Waals surface area contributed by atoms with Crippen LogP contribution >= 0.6 is 0 Å². The first-order valence-electron chi connectivity index (χ1n) is 11.6. The SMILES string of the molecule is Cc1ccc(C2CC(O)C(n3cc(C4CC4)nn3)CN2CC2CCCCC2)cc1. The molecular weight excluding hydrogens is 360 g/mol. The number of hydrogen-bond donors (Lipinski definition) is 1. The lowest BCUT2D eigenvalue weighted by Crippen LogP contribution is -2.47. The second-order valence-electron chi connectivity index (χ2n) is 9.65. The minimum Gasteiger partial charge on any atom is -0.391 e. The monoisotopic (exact) mass is 394 g/mol. The molecule has 2 aliphatic carbocycles. The van der Waals surface area contributed by atoms with Gasteiger partial charge in [0.1, 0.15) is 0 Å². The summed E-state index contributed by atoms with van der Waals surface area (Å²) < 4.78 is 1.96. The van der Waals surface area contributed by atoms with Gasteiger partial charge in [-0.15, -0.1) is 5.10 Å². The maximum Gasteiger partial charge on any atom is 0.0923 e. The van der Waals surface area contributed by atoms with Gasteiger partial charge in [-0.3, -0.25) is 4.90 Å². The summed E-state index contributed by atoms with van der Waals surface area (Å²) in [5.74, 6) is 1.38. The molecule has 5 heteroatoms. The molecule has 5 nitrogen and oxygen atoms in total. The number of aliphatic hydroxyl groups excluding tert-OH is 1. The van der Waals surface area contributed by atoms with Crippen LogP contribution in [0.3, 0.4) is 0 Å². The van der Waals surface area contributed by atoms with Crippen molar-refractivity contribution in [3.8, 4) is 0 Å². The van der Waals surface area contributed by atoms with Gasteiger partial charge in [-0.1, -0.05) is 54.3 Å². The standard InChI is InChI=1S/C24H34N4O/c1-17-7-9-20(10-8-17)22-13-24(29)23(28-15-21(25-26-28)19-11-12-19)16-27(22)14-18-5-3-2-4-6-18/h7-10,15,18-19,22-24,29H,2-6,11-14,16H2,1H3. The van der Waals surface area contributed by atoms with Crippen molar-refractivity contribution in [1.29, 1.82) is 0 Å². The lowest BCUT2D eigenvalue weighted by atomic mass is 9.85. The second kappa shape index (κ2) is 8.19. The largest absolute Gasteiger partial charge is 0.391 e. The number of rotatable bonds is 5. The van der Waals surface area contributed by atoms with Crippen LogP contribution in [0.4, 0.5) is 0 Å². The van der Waals surface area contributed by atoms with Crippen molar-refractivity contribution in [3.05, 3.63) is 47.3 Å². The lowest BCUT2D eigenvalue weighted by molar-refractivity contribution is -0.0154. The van der Waals surface area contributed by atoms with Gasteiger partial charge in [0, 0.05) is 31.2 Å². The van der Waals surface area contributed by atoms with Gasteiger partial charge in [-0.05, 0) is 50.5 Å². The number of nitrogens with zero attached hydrogens (tertiary/aromatic N) is 4. The molecule has 0 bridgehead atoms. The summed E-state index contributed by atoms with van der Waals surface area (Å²) in [7, 11) is 0. The summed E-state index contributed by atoms with van der Waals surface area (Å²) in [6.07, 6.45) is 11.8. The Labute approximate surface area is 174 Å². The smallest absolute Gasteiger partial charge is 0.0923 e. The first kappa shape index (κ1) is 19.3. The van der Waals surface area contributed by atoms with E-state index in [1.807, 2.05) is 4.68 Å². The molecule has 2 heterocycles. The van der Waals surface area contributed by atoms with Crippen LogP contribution in [0, 0.1) is 12.8 Å². The van der Waals surface area contributed by atoms with Crippen LogP contribution in [0.5, 0.6) is 0 Å². The average Bonchev–Trinajstić information content (AvgIpc) is 3.48. The van der Waals surface area contributed by atoms with Crippen LogP contribution in [0.25, 0.3) is 0 Å². The minimum atomic E-state index is -0.391. The Balaban J connectivity index is 1.38. The Morgan fingerprint density at radius 3 is 2.52 bits per heavy atom. The molecule has 0 amide bonds. The number of hydrogen-bond acceptors (Lipinski definition) is 4. The fourth-order valence-electron chi connectivity index (χ4n) is 5.34. The Bertz CT molecular complexity index is 807. The van der Waals surface area contributed by atoms with E-state index in [1.165, 1.54) is 56.1 Å². The van der Waals surface area contributed by atoms with E-state index < -0.39 is 6.10 Å². The Morgan fingerprint density at radius 1 is 1.03 bits per heavy atom. The highest BCUT2D eigenvalue weighted by Gasteiger charge is 2.38. The summed E-state index contributed by atoms with van der Waals surface area (Å²) in [4.78, 5) is 2.64. The zero-order valence-corrected chi connectivity index (χ0v) is 17.6. The van der Waals surface area contributed by atoms with Gasteiger partial charge in [0.15, 0.2) is 0 Å². The van der Waals surface area contributed by atoms with Crippen molar-refractivity contribution < 1.29 is 5.11 Å². The summed E-state index contributed by atoms with van der Waals surface area (Å²) in [5.41, 5.74) is 3.73. The zero-order valence-electron chi connectivity index (χ0n) is 17.6. The number of aromatic nitrogens is 3. The minimum absolute atomic E-state index is 0.000268. The van der Waals surface area contributed by atoms with Crippen LogP contribution < -0.4 is 0 Å². The van der Waals surface area contributed by atoms with E-state index in [1.54, 1.807) is 0 Å². The predicted molar refractivity (Wildman–Crippen MR) is 114 cm³/mol. The molecule has 2 aromatic rings. The van der Waals surface area contributed by atoms with E-state index in [2.05, 4.69) is 52.6 Å². The normalized spacial score (nSPS) is 29.2. The molecule has 1 aliphatic heterocycles. The number of aliphatic hydroxyl groups is 1. The third-order valence-electron chi connectivity index (χ3n) is 7.31. The lowest BCUT2D eigenvalue weighted by Gasteiger charge is -2.44. The average molecular weight is 395 g/mol. The quantitative estimate of drug-likeness (QED) is 0.817. The maximum atomic E-state index is 11.1. The van der Waals surface area contributed by atoms with E-state index in [0.29, 0.717) is 5.92 Å². The van der Waals surface area contributed by atoms with Crippen molar-refractivity contribution in [2.24, 2.45) is 5.92 Å². The number of likely N-dealkylation sites (tertiary alicyclic amines) is 1. The van der Waals surface area contributed by atoms with E-state index in [9.17, 15) is 5.11 Å². The third kappa shape index (κ3) is 4.26. The molecule has 1 N–H and O–H groups in total. The number of piperidine rings is 1. The van der Waals surface area contributed by atoms with Gasteiger partial charge in [0.05, 0.1) is 17.8 Å². The van der Waals surface area contributed by atoms with Crippen LogP contribution in [0.15, 0.2) is 30.5 Å². The van der Waals surface area contributed by atoms with Gasteiger partial charge in [-0.25, -0.2) is 4.68 Å². The van der Waals surface area contributed by atoms with Crippen molar-refractivity contribution in [3.63, 3.8) is 0 Å². The highest BCUT2D eigenvalue weighted by molar-refractivity contribution is 5.25. The Morgan fingerprint density at radius 2 is 1.79 bits per heavy atom. The van der Waals surface area contributed by atoms with Gasteiger partial charge in [0.2, 0.25) is 0 Å². The molecule has 2 saturated carbocycles. The highest BCUT2D eigenvalue weighted by atomic mass is 16.3. The molecule has 1 aromatic heterocycles. The van der Waals surface area contributed by atoms with Crippen molar-refractivity contribution in [2.75, 3.05) is 13.1 Å². The van der Waals surface area contributed by atoms with Crippen LogP contribution in [0.1, 0.15) is 86.2 Å². The van der Waals surface area contributed by atoms with E-state index >= 15 is 0 Å². The molecule has 5 rings (SSSR count). The fraction of sp³-hybridized carbons (Fsp3) is 0.667. The van der Waals surface area contributed by atoms with Gasteiger partial charge in [-0.2, -0.15) is 0 Å². The molecule has 3 atom stereocenters. The summed E-state index contributed by atoms with van der Waals surface area (Å²) in [6, 6.07) is 9.19. The molecule has 1 saturated heterocycles. The van der Waals surface area contributed by atoms with Crippen LogP contribution in [-0.4, -0.2) is 44.2 Å². The molecule has 3 unspecified atom stereocenters. The summed E-state index contributed by atoms with van der Waals surface area (Å²) in [5, 5.41) is 19.9. The fourth-order valence-corrected chi connectivity index (χ4v) is 5.34. The Hall–Kier alpha value is -1.72. The summed E-state index contributed by atoms with van der Waals surface area (Å²) >= 11 is 0. The van der Waals surface area contributed by atoms with Crippen molar-refractivity contribution in [1.82, 2.24) is 19.9 Å². The van der Waals surface area contributed by atoms with Gasteiger partial charge in [0.25, 0.3) is 0 Å². The van der Waals surface area contributed by atoms with Crippen LogP contribution in [0.2, 0.25) is 0 Å². The van der Waals surface area contributed by atoms with E-state index in [4.69, 9.17) is 0 Å². The van der Waals surface area contributed by atoms with E-state index in [0.717, 1.165) is 31.1 Å². The maximum absolute atomic E-state index is 11.1. The first-order chi connectivity index (χ1) is 14.2. The predicted octanol–water partition coefficient (Wildman–Crippen LogP) is 4.39. The molecule has 29 heavy (non-hydrogen) atoms. The molecule has 3 fully saturated rings. The van der Waals surface area contributed by atoms with Gasteiger partial charge >= 0.3 is 0 Å². The van der Waals surface area contributed by atoms with Crippen LogP contribution in [-0.2, 0) is 0 Å². The molecule has 156 valence electrons. The second-order valence-corrected chi connectivity index (χ2v) is 9.65. The zero-order chi connectivity index (χ0) is 19.8. The van der Waals surface area contributed by atoms with Crippen molar-refractivity contribution >= 4 is 0 Å². The third-order valence-corrected chi connectivity index (χ3v) is 7.31. The van der Waals surface area contributed by atoms with Crippen molar-refractivity contribution in [2.45, 2.75) is 82.4 Å². The molecule has 0 radical (unpaired) electrons. The summed E-state index contributed by atoms with van der Waals surface area (Å²) in [6.45, 7) is 4.12. The number of benzene rings is 1. The highest BCUT2D eigenvalue weighted by Crippen LogP contribution is 2.40. The molecular formula is C24H34N4O. The number of aryl methyl sites for hydroxylation is 1.